The lowest BCUT2D eigenvalue weighted by atomic mass is 9.93. The topological polar surface area (TPSA) is 78.4 Å². The maximum atomic E-state index is 11.7. The van der Waals surface area contributed by atoms with Crippen LogP contribution < -0.4 is 10.6 Å². The number of urea groups is 1. The van der Waals surface area contributed by atoms with E-state index in [9.17, 15) is 9.59 Å². The molecule has 0 heterocycles. The van der Waals surface area contributed by atoms with E-state index >= 15 is 0 Å². The molecule has 5 nitrogen and oxygen atoms in total. The summed E-state index contributed by atoms with van der Waals surface area (Å²) in [6, 6.07) is 8.64. The monoisotopic (exact) mass is 276 g/mol. The van der Waals surface area contributed by atoms with Crippen molar-refractivity contribution in [2.45, 2.75) is 44.2 Å². The molecule has 1 aromatic rings. The first kappa shape index (κ1) is 14.4. The number of carboxylic acid groups (broad SMARTS) is 1. The molecule has 0 spiro atoms. The molecule has 0 bridgehead atoms. The molecule has 1 aliphatic rings. The summed E-state index contributed by atoms with van der Waals surface area (Å²) in [5, 5.41) is 14.5. The highest BCUT2D eigenvalue weighted by atomic mass is 16.4. The third kappa shape index (κ3) is 4.26. The first-order chi connectivity index (χ1) is 9.65. The van der Waals surface area contributed by atoms with Crippen LogP contribution in [0.5, 0.6) is 0 Å². The van der Waals surface area contributed by atoms with Crippen LogP contribution in [0, 0.1) is 0 Å². The fourth-order valence-electron chi connectivity index (χ4n) is 2.15. The zero-order valence-corrected chi connectivity index (χ0v) is 11.3. The minimum atomic E-state index is -0.996. The van der Waals surface area contributed by atoms with Crippen molar-refractivity contribution in [1.82, 2.24) is 10.6 Å². The zero-order chi connectivity index (χ0) is 14.4. The smallest absolute Gasteiger partial charge is 0.326 e. The number of hydrogen-bond acceptors (Lipinski definition) is 2. The Labute approximate surface area is 118 Å². The number of amides is 2. The van der Waals surface area contributed by atoms with Gasteiger partial charge in [0.1, 0.15) is 6.04 Å². The number of aliphatic carboxylic acids is 1. The van der Waals surface area contributed by atoms with Gasteiger partial charge in [-0.2, -0.15) is 0 Å². The van der Waals surface area contributed by atoms with Gasteiger partial charge in [-0.15, -0.1) is 0 Å². The van der Waals surface area contributed by atoms with Crippen molar-refractivity contribution < 1.29 is 14.7 Å². The number of carboxylic acids is 1. The van der Waals surface area contributed by atoms with Gasteiger partial charge in [0.15, 0.2) is 0 Å². The fourth-order valence-corrected chi connectivity index (χ4v) is 2.15. The zero-order valence-electron chi connectivity index (χ0n) is 11.3. The van der Waals surface area contributed by atoms with Gasteiger partial charge in [0.05, 0.1) is 0 Å². The summed E-state index contributed by atoms with van der Waals surface area (Å²) in [4.78, 5) is 22.9. The predicted molar refractivity (Wildman–Crippen MR) is 75.5 cm³/mol. The normalized spacial score (nSPS) is 16.0. The van der Waals surface area contributed by atoms with Crippen molar-refractivity contribution in [3.63, 3.8) is 0 Å². The molecular formula is C15H20N2O3. The summed E-state index contributed by atoms with van der Waals surface area (Å²) >= 11 is 0. The van der Waals surface area contributed by atoms with Gasteiger partial charge in [0, 0.05) is 6.04 Å². The Morgan fingerprint density at radius 2 is 1.95 bits per heavy atom. The van der Waals surface area contributed by atoms with Crippen LogP contribution in [0.4, 0.5) is 4.79 Å². The highest BCUT2D eigenvalue weighted by Crippen LogP contribution is 2.17. The van der Waals surface area contributed by atoms with Crippen LogP contribution in [0.15, 0.2) is 30.3 Å². The Kier molecular flexibility index (Phi) is 4.98. The average molecular weight is 276 g/mol. The first-order valence-corrected chi connectivity index (χ1v) is 6.99. The molecule has 1 aliphatic carbocycles. The van der Waals surface area contributed by atoms with Gasteiger partial charge in [0.2, 0.25) is 0 Å². The fraction of sp³-hybridized carbons (Fsp3) is 0.467. The van der Waals surface area contributed by atoms with Gasteiger partial charge in [-0.1, -0.05) is 30.3 Å². The Morgan fingerprint density at radius 1 is 1.25 bits per heavy atom. The average Bonchev–Trinajstić information content (AvgIpc) is 2.39. The maximum absolute atomic E-state index is 11.7. The van der Waals surface area contributed by atoms with Gasteiger partial charge in [-0.25, -0.2) is 9.59 Å². The van der Waals surface area contributed by atoms with E-state index in [1.54, 1.807) is 0 Å². The lowest BCUT2D eigenvalue weighted by Crippen LogP contribution is -2.50. The Bertz CT molecular complexity index is 457. The molecule has 1 aromatic carbocycles. The molecule has 20 heavy (non-hydrogen) atoms. The van der Waals surface area contributed by atoms with Crippen molar-refractivity contribution in [2.75, 3.05) is 0 Å². The maximum Gasteiger partial charge on any atom is 0.326 e. The van der Waals surface area contributed by atoms with E-state index in [-0.39, 0.29) is 12.1 Å². The lowest BCUT2D eigenvalue weighted by Gasteiger charge is -2.27. The molecule has 0 aromatic heterocycles. The molecule has 108 valence electrons. The molecule has 5 heteroatoms. The molecule has 1 saturated carbocycles. The lowest BCUT2D eigenvalue weighted by molar-refractivity contribution is -0.139. The quantitative estimate of drug-likeness (QED) is 0.742. The molecule has 3 N–H and O–H groups in total. The Morgan fingerprint density at radius 3 is 2.50 bits per heavy atom. The van der Waals surface area contributed by atoms with Gasteiger partial charge < -0.3 is 15.7 Å². The van der Waals surface area contributed by atoms with Crippen LogP contribution in [-0.4, -0.2) is 29.2 Å². The van der Waals surface area contributed by atoms with Crippen LogP contribution in [0.1, 0.15) is 31.2 Å². The first-order valence-electron chi connectivity index (χ1n) is 6.99. The van der Waals surface area contributed by atoms with Gasteiger partial charge in [-0.3, -0.25) is 0 Å². The van der Waals surface area contributed by atoms with Crippen molar-refractivity contribution in [2.24, 2.45) is 0 Å². The second-order valence-corrected chi connectivity index (χ2v) is 5.16. The summed E-state index contributed by atoms with van der Waals surface area (Å²) in [7, 11) is 0. The molecule has 0 aliphatic heterocycles. The SMILES string of the molecule is O=C(NC1CCC1)NC(CCc1ccccc1)C(=O)O. The van der Waals surface area contributed by atoms with Crippen LogP contribution in [-0.2, 0) is 11.2 Å². The predicted octanol–water partition coefficient (Wildman–Crippen LogP) is 1.92. The summed E-state index contributed by atoms with van der Waals surface area (Å²) in [5.41, 5.74) is 1.07. The van der Waals surface area contributed by atoms with E-state index in [0.29, 0.717) is 12.8 Å². The molecule has 1 unspecified atom stereocenters. The van der Waals surface area contributed by atoms with Gasteiger partial charge in [0.25, 0.3) is 0 Å². The molecule has 2 amide bonds. The Hall–Kier alpha value is -2.04. The largest absolute Gasteiger partial charge is 0.480 e. The van der Waals surface area contributed by atoms with Crippen molar-refractivity contribution in [3.8, 4) is 0 Å². The van der Waals surface area contributed by atoms with Gasteiger partial charge in [-0.05, 0) is 37.7 Å². The number of carbonyl (C=O) groups excluding carboxylic acids is 1. The molecule has 0 saturated heterocycles. The van der Waals surface area contributed by atoms with E-state index in [4.69, 9.17) is 5.11 Å². The van der Waals surface area contributed by atoms with Crippen molar-refractivity contribution in [1.29, 1.82) is 0 Å². The van der Waals surface area contributed by atoms with E-state index in [2.05, 4.69) is 10.6 Å². The molecule has 2 rings (SSSR count). The molecule has 1 fully saturated rings. The summed E-state index contributed by atoms with van der Waals surface area (Å²) in [6.07, 6.45) is 4.10. The number of aryl methyl sites for hydroxylation is 1. The third-order valence-electron chi connectivity index (χ3n) is 3.61. The second-order valence-electron chi connectivity index (χ2n) is 5.16. The minimum Gasteiger partial charge on any atom is -0.480 e. The third-order valence-corrected chi connectivity index (χ3v) is 3.61. The number of rotatable bonds is 6. The van der Waals surface area contributed by atoms with Crippen LogP contribution in [0.25, 0.3) is 0 Å². The van der Waals surface area contributed by atoms with E-state index in [1.165, 1.54) is 0 Å². The molecule has 1 atom stereocenters. The number of hydrogen-bond donors (Lipinski definition) is 3. The van der Waals surface area contributed by atoms with Crippen LogP contribution in [0.3, 0.4) is 0 Å². The standard InChI is InChI=1S/C15H20N2O3/c18-14(19)13(10-9-11-5-2-1-3-6-11)17-15(20)16-12-7-4-8-12/h1-3,5-6,12-13H,4,7-10H2,(H,18,19)(H2,16,17,20). The number of benzene rings is 1. The Balaban J connectivity index is 1.80. The summed E-state index contributed by atoms with van der Waals surface area (Å²) in [6.45, 7) is 0. The summed E-state index contributed by atoms with van der Waals surface area (Å²) in [5.74, 6) is -0.996. The van der Waals surface area contributed by atoms with Crippen molar-refractivity contribution in [3.05, 3.63) is 35.9 Å². The minimum absolute atomic E-state index is 0.207. The number of nitrogens with one attached hydrogen (secondary N) is 2. The highest BCUT2D eigenvalue weighted by Gasteiger charge is 2.23. The second kappa shape index (κ2) is 6.93. The molecular weight excluding hydrogens is 256 g/mol. The van der Waals surface area contributed by atoms with E-state index < -0.39 is 12.0 Å². The van der Waals surface area contributed by atoms with Crippen molar-refractivity contribution >= 4 is 12.0 Å². The van der Waals surface area contributed by atoms with E-state index in [1.807, 2.05) is 30.3 Å². The van der Waals surface area contributed by atoms with E-state index in [0.717, 1.165) is 24.8 Å². The van der Waals surface area contributed by atoms with Crippen LogP contribution in [0.2, 0.25) is 0 Å². The molecule has 0 radical (unpaired) electrons. The highest BCUT2D eigenvalue weighted by molar-refractivity contribution is 5.82. The summed E-state index contributed by atoms with van der Waals surface area (Å²) < 4.78 is 0. The van der Waals surface area contributed by atoms with Gasteiger partial charge >= 0.3 is 12.0 Å². The van der Waals surface area contributed by atoms with Crippen LogP contribution >= 0.6 is 0 Å². The number of carbonyl (C=O) groups is 2.